The number of halogens is 2. The van der Waals surface area contributed by atoms with Gasteiger partial charge in [-0.15, -0.1) is 0 Å². The van der Waals surface area contributed by atoms with E-state index < -0.39 is 11.7 Å². The van der Waals surface area contributed by atoms with Crippen molar-refractivity contribution in [3.63, 3.8) is 0 Å². The summed E-state index contributed by atoms with van der Waals surface area (Å²) < 4.78 is 13.0. The van der Waals surface area contributed by atoms with E-state index in [0.717, 1.165) is 5.56 Å². The molecule has 0 aromatic heterocycles. The van der Waals surface area contributed by atoms with Crippen molar-refractivity contribution in [3.8, 4) is 0 Å². The van der Waals surface area contributed by atoms with Crippen LogP contribution in [0.5, 0.6) is 0 Å². The SMILES string of the molecule is O=C(C=Cc1ccc(F)c(Cl)c1)NOCc1ccccc1. The first-order valence-corrected chi connectivity index (χ1v) is 6.62. The molecule has 0 radical (unpaired) electrons. The number of hydrogen-bond acceptors (Lipinski definition) is 2. The molecule has 1 amide bonds. The van der Waals surface area contributed by atoms with E-state index in [1.165, 1.54) is 30.4 Å². The molecule has 0 aliphatic carbocycles. The van der Waals surface area contributed by atoms with Gasteiger partial charge in [0.2, 0.25) is 0 Å². The summed E-state index contributed by atoms with van der Waals surface area (Å²) in [6.07, 6.45) is 2.81. The zero-order chi connectivity index (χ0) is 15.1. The molecule has 0 aliphatic heterocycles. The average Bonchev–Trinajstić information content (AvgIpc) is 2.49. The Morgan fingerprint density at radius 3 is 2.71 bits per heavy atom. The molecule has 108 valence electrons. The first-order chi connectivity index (χ1) is 10.1. The van der Waals surface area contributed by atoms with Gasteiger partial charge >= 0.3 is 0 Å². The summed E-state index contributed by atoms with van der Waals surface area (Å²) in [5.41, 5.74) is 3.87. The van der Waals surface area contributed by atoms with Crippen LogP contribution in [0.25, 0.3) is 6.08 Å². The van der Waals surface area contributed by atoms with Crippen molar-refractivity contribution in [3.05, 3.63) is 76.6 Å². The Bertz CT molecular complexity index is 644. The van der Waals surface area contributed by atoms with Gasteiger partial charge in [0, 0.05) is 6.08 Å². The number of carbonyl (C=O) groups excluding carboxylic acids is 1. The molecule has 0 atom stereocenters. The smallest absolute Gasteiger partial charge is 0.267 e. The molecular weight excluding hydrogens is 293 g/mol. The molecule has 0 fully saturated rings. The predicted molar refractivity (Wildman–Crippen MR) is 79.8 cm³/mol. The van der Waals surface area contributed by atoms with E-state index in [9.17, 15) is 9.18 Å². The molecule has 0 bridgehead atoms. The van der Waals surface area contributed by atoms with Gasteiger partial charge in [-0.2, -0.15) is 0 Å². The van der Waals surface area contributed by atoms with Crippen LogP contribution in [0.1, 0.15) is 11.1 Å². The highest BCUT2D eigenvalue weighted by Crippen LogP contribution is 2.16. The number of hydrogen-bond donors (Lipinski definition) is 1. The Labute approximate surface area is 127 Å². The summed E-state index contributed by atoms with van der Waals surface area (Å²) in [5.74, 6) is -0.907. The third-order valence-corrected chi connectivity index (χ3v) is 2.91. The largest absolute Gasteiger partial charge is 0.269 e. The topological polar surface area (TPSA) is 38.3 Å². The maximum absolute atomic E-state index is 13.0. The van der Waals surface area contributed by atoms with Crippen molar-refractivity contribution in [2.75, 3.05) is 0 Å². The van der Waals surface area contributed by atoms with Crippen LogP contribution in [0.2, 0.25) is 5.02 Å². The fourth-order valence-electron chi connectivity index (χ4n) is 1.59. The van der Waals surface area contributed by atoms with Gasteiger partial charge in [-0.05, 0) is 29.3 Å². The number of nitrogens with one attached hydrogen (secondary N) is 1. The Balaban J connectivity index is 1.81. The number of carbonyl (C=O) groups is 1. The molecule has 5 heteroatoms. The summed E-state index contributed by atoms with van der Waals surface area (Å²) >= 11 is 5.65. The molecule has 0 saturated carbocycles. The van der Waals surface area contributed by atoms with Crippen molar-refractivity contribution in [1.29, 1.82) is 0 Å². The molecule has 0 spiro atoms. The second kappa shape index (κ2) is 7.57. The summed E-state index contributed by atoms with van der Waals surface area (Å²) in [6, 6.07) is 13.7. The van der Waals surface area contributed by atoms with Crippen LogP contribution in [0.4, 0.5) is 4.39 Å². The van der Waals surface area contributed by atoms with Crippen molar-refractivity contribution in [2.45, 2.75) is 6.61 Å². The maximum Gasteiger partial charge on any atom is 0.267 e. The summed E-state index contributed by atoms with van der Waals surface area (Å²) in [7, 11) is 0. The lowest BCUT2D eigenvalue weighted by Gasteiger charge is -2.03. The fraction of sp³-hybridized carbons (Fsp3) is 0.0625. The van der Waals surface area contributed by atoms with E-state index in [0.29, 0.717) is 5.56 Å². The van der Waals surface area contributed by atoms with Crippen molar-refractivity contribution in [1.82, 2.24) is 5.48 Å². The molecule has 21 heavy (non-hydrogen) atoms. The van der Waals surface area contributed by atoms with Gasteiger partial charge in [-0.3, -0.25) is 9.63 Å². The van der Waals surface area contributed by atoms with Gasteiger partial charge in [0.05, 0.1) is 11.6 Å². The van der Waals surface area contributed by atoms with Crippen LogP contribution in [-0.4, -0.2) is 5.91 Å². The van der Waals surface area contributed by atoms with Crippen LogP contribution >= 0.6 is 11.6 Å². The highest BCUT2D eigenvalue weighted by Gasteiger charge is 2.00. The minimum absolute atomic E-state index is 0.0119. The third-order valence-electron chi connectivity index (χ3n) is 2.63. The fourth-order valence-corrected chi connectivity index (χ4v) is 1.78. The number of rotatable bonds is 5. The molecular formula is C16H13ClFNO2. The van der Waals surface area contributed by atoms with Gasteiger partial charge in [0.25, 0.3) is 5.91 Å². The predicted octanol–water partition coefficient (Wildman–Crippen LogP) is 3.74. The average molecular weight is 306 g/mol. The lowest BCUT2D eigenvalue weighted by molar-refractivity contribution is -0.129. The quantitative estimate of drug-likeness (QED) is 0.675. The summed E-state index contributed by atoms with van der Waals surface area (Å²) in [6.45, 7) is 0.281. The molecule has 3 nitrogen and oxygen atoms in total. The Hall–Kier alpha value is -2.17. The normalized spacial score (nSPS) is 10.8. The zero-order valence-electron chi connectivity index (χ0n) is 11.1. The van der Waals surface area contributed by atoms with Crippen LogP contribution in [0.3, 0.4) is 0 Å². The van der Waals surface area contributed by atoms with Crippen LogP contribution in [-0.2, 0) is 16.2 Å². The lowest BCUT2D eigenvalue weighted by Crippen LogP contribution is -2.21. The van der Waals surface area contributed by atoms with Crippen LogP contribution in [0.15, 0.2) is 54.6 Å². The molecule has 0 heterocycles. The van der Waals surface area contributed by atoms with E-state index in [1.807, 2.05) is 30.3 Å². The van der Waals surface area contributed by atoms with Gasteiger partial charge in [0.15, 0.2) is 0 Å². The van der Waals surface area contributed by atoms with Crippen molar-refractivity contribution < 1.29 is 14.0 Å². The van der Waals surface area contributed by atoms with Crippen molar-refractivity contribution >= 4 is 23.6 Å². The molecule has 0 unspecified atom stereocenters. The summed E-state index contributed by atoms with van der Waals surface area (Å²) in [4.78, 5) is 16.6. The van der Waals surface area contributed by atoms with E-state index in [2.05, 4.69) is 5.48 Å². The molecule has 2 rings (SSSR count). The first kappa shape index (κ1) is 15.2. The zero-order valence-corrected chi connectivity index (χ0v) is 11.8. The number of hydroxylamine groups is 1. The van der Waals surface area contributed by atoms with Crippen molar-refractivity contribution in [2.24, 2.45) is 0 Å². The molecule has 0 aliphatic rings. The van der Waals surface area contributed by atoms with Crippen LogP contribution < -0.4 is 5.48 Å². The van der Waals surface area contributed by atoms with E-state index in [1.54, 1.807) is 0 Å². The Morgan fingerprint density at radius 1 is 1.24 bits per heavy atom. The number of amides is 1. The second-order valence-corrected chi connectivity index (χ2v) is 4.65. The first-order valence-electron chi connectivity index (χ1n) is 6.24. The third kappa shape index (κ3) is 5.02. The van der Waals surface area contributed by atoms with Crippen LogP contribution in [0, 0.1) is 5.82 Å². The molecule has 0 saturated heterocycles. The molecule has 1 N–H and O–H groups in total. The van der Waals surface area contributed by atoms with Gasteiger partial charge in [0.1, 0.15) is 5.82 Å². The second-order valence-electron chi connectivity index (χ2n) is 4.25. The minimum atomic E-state index is -0.496. The minimum Gasteiger partial charge on any atom is -0.269 e. The molecule has 2 aromatic rings. The van der Waals surface area contributed by atoms with E-state index in [4.69, 9.17) is 16.4 Å². The highest BCUT2D eigenvalue weighted by molar-refractivity contribution is 6.30. The van der Waals surface area contributed by atoms with Gasteiger partial charge < -0.3 is 0 Å². The maximum atomic E-state index is 13.0. The standard InChI is InChI=1S/C16H13ClFNO2/c17-14-10-12(6-8-15(14)18)7-9-16(20)19-21-11-13-4-2-1-3-5-13/h1-10H,11H2,(H,19,20). The van der Waals surface area contributed by atoms with Gasteiger partial charge in [-0.1, -0.05) is 48.0 Å². The van der Waals surface area contributed by atoms with E-state index in [-0.39, 0.29) is 11.6 Å². The highest BCUT2D eigenvalue weighted by atomic mass is 35.5. The Morgan fingerprint density at radius 2 is 2.00 bits per heavy atom. The summed E-state index contributed by atoms with van der Waals surface area (Å²) in [5, 5.41) is 0.0119. The van der Waals surface area contributed by atoms with E-state index >= 15 is 0 Å². The number of benzene rings is 2. The molecule has 2 aromatic carbocycles. The Kier molecular flexibility index (Phi) is 5.49. The monoisotopic (exact) mass is 305 g/mol. The lowest BCUT2D eigenvalue weighted by atomic mass is 10.2. The van der Waals surface area contributed by atoms with Gasteiger partial charge in [-0.25, -0.2) is 9.87 Å².